The molecule has 7 heteroatoms. The SMILES string of the molecule is CN([O-])C(C)(C)Oc1ccc(Nc2ccc(ON([O-])C(C)(C)C)cc2)cc1. The van der Waals surface area contributed by atoms with Crippen molar-refractivity contribution in [2.45, 2.75) is 45.9 Å². The molecule has 0 unspecified atom stereocenters. The highest BCUT2D eigenvalue weighted by atomic mass is 16.9. The third kappa shape index (κ3) is 6.11. The summed E-state index contributed by atoms with van der Waals surface area (Å²) < 4.78 is 5.68. The summed E-state index contributed by atoms with van der Waals surface area (Å²) in [5.74, 6) is 1.08. The number of ether oxygens (including phenoxy) is 1. The molecule has 27 heavy (non-hydrogen) atoms. The normalized spacial score (nSPS) is 12.4. The van der Waals surface area contributed by atoms with E-state index in [4.69, 9.17) is 9.57 Å². The largest absolute Gasteiger partial charge is 0.783 e. The minimum Gasteiger partial charge on any atom is -0.783 e. The van der Waals surface area contributed by atoms with Crippen LogP contribution in [0.2, 0.25) is 0 Å². The monoisotopic (exact) mass is 373 g/mol. The lowest BCUT2D eigenvalue weighted by Crippen LogP contribution is -2.42. The summed E-state index contributed by atoms with van der Waals surface area (Å²) in [5, 5.41) is 27.9. The number of anilines is 2. The van der Waals surface area contributed by atoms with Crippen molar-refractivity contribution in [3.63, 3.8) is 0 Å². The first-order chi connectivity index (χ1) is 12.5. The summed E-state index contributed by atoms with van der Waals surface area (Å²) in [6.45, 7) is 8.75. The molecule has 0 atom stereocenters. The lowest BCUT2D eigenvalue weighted by Gasteiger charge is -2.40. The zero-order chi connectivity index (χ0) is 20.2. The van der Waals surface area contributed by atoms with Gasteiger partial charge >= 0.3 is 0 Å². The number of hydroxylamine groups is 4. The zero-order valence-electron chi connectivity index (χ0n) is 16.6. The van der Waals surface area contributed by atoms with E-state index in [0.29, 0.717) is 16.7 Å². The minimum atomic E-state index is -0.937. The van der Waals surface area contributed by atoms with E-state index in [2.05, 4.69) is 5.32 Å². The topological polar surface area (TPSA) is 83.1 Å². The van der Waals surface area contributed by atoms with Gasteiger partial charge in [0.05, 0.1) is 0 Å². The second kappa shape index (κ2) is 8.14. The number of hydrogen-bond acceptors (Lipinski definition) is 7. The van der Waals surface area contributed by atoms with Crippen LogP contribution in [0.1, 0.15) is 34.6 Å². The van der Waals surface area contributed by atoms with Crippen LogP contribution in [-0.2, 0) is 0 Å². The van der Waals surface area contributed by atoms with E-state index >= 15 is 0 Å². The Morgan fingerprint density at radius 2 is 1.22 bits per heavy atom. The first-order valence-electron chi connectivity index (χ1n) is 8.70. The summed E-state index contributed by atoms with van der Waals surface area (Å²) in [4.78, 5) is 5.27. The molecule has 148 valence electrons. The third-order valence-electron chi connectivity index (χ3n) is 3.86. The molecule has 0 radical (unpaired) electrons. The molecule has 2 aromatic rings. The van der Waals surface area contributed by atoms with Crippen LogP contribution in [0, 0.1) is 10.4 Å². The molecule has 2 aromatic carbocycles. The summed E-state index contributed by atoms with van der Waals surface area (Å²) in [6, 6.07) is 14.4. The van der Waals surface area contributed by atoms with Gasteiger partial charge in [0.2, 0.25) is 0 Å². The molecule has 0 aliphatic carbocycles. The van der Waals surface area contributed by atoms with Gasteiger partial charge in [-0.15, -0.1) is 0 Å². The van der Waals surface area contributed by atoms with Crippen LogP contribution in [0.5, 0.6) is 11.5 Å². The highest BCUT2D eigenvalue weighted by molar-refractivity contribution is 5.61. The maximum Gasteiger partial charge on any atom is 0.146 e. The Balaban J connectivity index is 1.97. The quantitative estimate of drug-likeness (QED) is 0.548. The highest BCUT2D eigenvalue weighted by Crippen LogP contribution is 2.25. The second-order valence-corrected chi connectivity index (χ2v) is 7.74. The Bertz CT molecular complexity index is 722. The van der Waals surface area contributed by atoms with Crippen LogP contribution < -0.4 is 14.9 Å². The van der Waals surface area contributed by atoms with E-state index in [1.807, 2.05) is 24.3 Å². The van der Waals surface area contributed by atoms with Crippen LogP contribution >= 0.6 is 0 Å². The molecule has 0 saturated carbocycles. The van der Waals surface area contributed by atoms with Gasteiger partial charge in [0.1, 0.15) is 17.2 Å². The lowest BCUT2D eigenvalue weighted by molar-refractivity contribution is -0.0791. The van der Waals surface area contributed by atoms with E-state index in [-0.39, 0.29) is 0 Å². The average Bonchev–Trinajstić information content (AvgIpc) is 2.57. The number of benzene rings is 2. The zero-order valence-corrected chi connectivity index (χ0v) is 16.6. The van der Waals surface area contributed by atoms with E-state index < -0.39 is 11.3 Å². The first-order valence-corrected chi connectivity index (χ1v) is 8.70. The molecule has 0 heterocycles. The Hall–Kier alpha value is -2.32. The molecular formula is C20H27N3O4-2. The molecule has 0 aliphatic rings. The fourth-order valence-corrected chi connectivity index (χ4v) is 1.96. The van der Waals surface area contributed by atoms with Crippen LogP contribution in [0.3, 0.4) is 0 Å². The van der Waals surface area contributed by atoms with Crippen molar-refractivity contribution in [3.05, 3.63) is 58.9 Å². The molecule has 7 nitrogen and oxygen atoms in total. The van der Waals surface area contributed by atoms with Crippen LogP contribution in [-0.4, -0.2) is 28.6 Å². The van der Waals surface area contributed by atoms with Gasteiger partial charge < -0.3 is 30.4 Å². The first kappa shape index (κ1) is 21.0. The highest BCUT2D eigenvalue weighted by Gasteiger charge is 2.18. The molecule has 0 bridgehead atoms. The fourth-order valence-electron chi connectivity index (χ4n) is 1.96. The molecule has 1 N–H and O–H groups in total. The molecule has 0 amide bonds. The van der Waals surface area contributed by atoms with E-state index in [1.165, 1.54) is 7.05 Å². The van der Waals surface area contributed by atoms with Gasteiger partial charge in [-0.1, -0.05) is 0 Å². The van der Waals surface area contributed by atoms with Crippen molar-refractivity contribution in [1.29, 1.82) is 0 Å². The predicted molar refractivity (Wildman–Crippen MR) is 108 cm³/mol. The molecule has 2 rings (SSSR count). The molecule has 0 aromatic heterocycles. The van der Waals surface area contributed by atoms with Crippen molar-refractivity contribution in [1.82, 2.24) is 10.3 Å². The van der Waals surface area contributed by atoms with Gasteiger partial charge in [0, 0.05) is 16.9 Å². The summed E-state index contributed by atoms with van der Waals surface area (Å²) >= 11 is 0. The second-order valence-electron chi connectivity index (χ2n) is 7.74. The predicted octanol–water partition coefficient (Wildman–Crippen LogP) is 4.87. The average molecular weight is 373 g/mol. The summed E-state index contributed by atoms with van der Waals surface area (Å²) in [7, 11) is 1.43. The third-order valence-corrected chi connectivity index (χ3v) is 3.86. The fraction of sp³-hybridized carbons (Fsp3) is 0.400. The Kier molecular flexibility index (Phi) is 6.33. The summed E-state index contributed by atoms with van der Waals surface area (Å²) in [6.07, 6.45) is 0. The Labute approximate surface area is 160 Å². The van der Waals surface area contributed by atoms with Gasteiger partial charge in [0.15, 0.2) is 0 Å². The van der Waals surface area contributed by atoms with Crippen molar-refractivity contribution in [2.75, 3.05) is 12.4 Å². The van der Waals surface area contributed by atoms with Crippen molar-refractivity contribution >= 4 is 11.4 Å². The Morgan fingerprint density at radius 3 is 1.63 bits per heavy atom. The van der Waals surface area contributed by atoms with Crippen LogP contribution in [0.4, 0.5) is 11.4 Å². The summed E-state index contributed by atoms with van der Waals surface area (Å²) in [5.41, 5.74) is 0.150. The minimum absolute atomic E-state index is 0.471. The van der Waals surface area contributed by atoms with Gasteiger partial charge in [-0.25, -0.2) is 5.23 Å². The maximum atomic E-state index is 11.8. The van der Waals surface area contributed by atoms with Crippen LogP contribution in [0.15, 0.2) is 48.5 Å². The van der Waals surface area contributed by atoms with Crippen molar-refractivity contribution in [3.8, 4) is 11.5 Å². The number of nitrogens with one attached hydrogen (secondary N) is 1. The maximum absolute atomic E-state index is 11.8. The van der Waals surface area contributed by atoms with Gasteiger partial charge in [-0.2, -0.15) is 0 Å². The lowest BCUT2D eigenvalue weighted by atomic mass is 10.1. The molecule has 0 spiro atoms. The number of hydrogen-bond donors (Lipinski definition) is 1. The van der Waals surface area contributed by atoms with Crippen LogP contribution in [0.25, 0.3) is 0 Å². The number of rotatable bonds is 7. The van der Waals surface area contributed by atoms with Crippen molar-refractivity contribution in [2.24, 2.45) is 0 Å². The standard InChI is InChI=1S/C20H27N3O4/c1-19(2,3)23(25)27-18-13-9-16(10-14-18)21-15-7-11-17(12-8-15)26-20(4,5)22(6)24/h7-14,21H,1-6H3/q-2. The van der Waals surface area contributed by atoms with E-state index in [0.717, 1.165) is 16.4 Å². The molecule has 0 saturated heterocycles. The molecule has 0 aliphatic heterocycles. The van der Waals surface area contributed by atoms with E-state index in [9.17, 15) is 10.4 Å². The Morgan fingerprint density at radius 1 is 0.778 bits per heavy atom. The number of nitrogens with zero attached hydrogens (tertiary/aromatic N) is 2. The smallest absolute Gasteiger partial charge is 0.146 e. The van der Waals surface area contributed by atoms with Gasteiger partial charge in [-0.05, 0) is 90.2 Å². The van der Waals surface area contributed by atoms with Crippen molar-refractivity contribution < 1.29 is 9.57 Å². The molecule has 0 fully saturated rings. The van der Waals surface area contributed by atoms with E-state index in [1.54, 1.807) is 58.9 Å². The van der Waals surface area contributed by atoms with Gasteiger partial charge in [-0.3, -0.25) is 0 Å². The van der Waals surface area contributed by atoms with Gasteiger partial charge in [0.25, 0.3) is 0 Å². The molecular weight excluding hydrogens is 346 g/mol.